The van der Waals surface area contributed by atoms with Gasteiger partial charge in [0.15, 0.2) is 0 Å². The first-order valence-corrected chi connectivity index (χ1v) is 12.9. The maximum Gasteiger partial charge on any atom is 0.251 e. The van der Waals surface area contributed by atoms with E-state index >= 15 is 0 Å². The third kappa shape index (κ3) is 4.90. The summed E-state index contributed by atoms with van der Waals surface area (Å²) in [4.78, 5) is 9.94. The number of aromatic nitrogens is 2. The van der Waals surface area contributed by atoms with E-state index in [2.05, 4.69) is 9.88 Å². The largest absolute Gasteiger partial charge is 0.494 e. The van der Waals surface area contributed by atoms with E-state index in [-0.39, 0.29) is 12.5 Å². The Morgan fingerprint density at radius 1 is 1.16 bits per heavy atom. The molecule has 0 radical (unpaired) electrons. The summed E-state index contributed by atoms with van der Waals surface area (Å²) < 4.78 is 34.6. The summed E-state index contributed by atoms with van der Waals surface area (Å²) >= 11 is 6.05. The highest BCUT2D eigenvalue weighted by molar-refractivity contribution is 6.29. The number of hydrogen-bond donors (Lipinski definition) is 2. The molecule has 11 heteroatoms. The molecule has 38 heavy (non-hydrogen) atoms. The molecule has 5 rings (SSSR count). The molecule has 4 N–H and O–H groups in total. The van der Waals surface area contributed by atoms with Crippen LogP contribution in [-0.4, -0.2) is 71.5 Å². The van der Waals surface area contributed by atoms with Gasteiger partial charge in [0.05, 0.1) is 25.5 Å². The first-order valence-electron chi connectivity index (χ1n) is 12.5. The van der Waals surface area contributed by atoms with Crippen LogP contribution in [0.2, 0.25) is 5.15 Å². The number of alkyl halides is 2. The molecular formula is C27H32ClF2N7O. The standard InChI is InChI=1S/C27H32ClF2N7O/c1-3-36-26(31)20-13-34(15-24(29)30)12-19(17-7-5-4-6-8-17)25(20)37(27(36)32)18-9-10-21(22(11-18)38-2)35-14-23(28)33-16-35/h4-11,14,16,19,24,26-27H,3,12-13,15,31-32H2,1-2H3. The number of likely N-dealkylation sites (N-methyl/N-ethyl adjacent to an activating group) is 1. The van der Waals surface area contributed by atoms with Crippen LogP contribution >= 0.6 is 11.6 Å². The number of rotatable bonds is 7. The molecule has 0 aliphatic carbocycles. The molecule has 3 unspecified atom stereocenters. The van der Waals surface area contributed by atoms with Gasteiger partial charge < -0.3 is 19.9 Å². The van der Waals surface area contributed by atoms with Crippen molar-refractivity contribution in [3.63, 3.8) is 0 Å². The van der Waals surface area contributed by atoms with Crippen molar-refractivity contribution < 1.29 is 13.5 Å². The van der Waals surface area contributed by atoms with Crippen molar-refractivity contribution >= 4 is 17.3 Å². The van der Waals surface area contributed by atoms with Crippen molar-refractivity contribution in [2.45, 2.75) is 31.7 Å². The Bertz CT molecular complexity index is 1300. The number of anilines is 1. The van der Waals surface area contributed by atoms with E-state index in [1.165, 1.54) is 0 Å². The normalized spacial score (nSPS) is 22.7. The van der Waals surface area contributed by atoms with E-state index in [0.717, 1.165) is 28.2 Å². The predicted molar refractivity (Wildman–Crippen MR) is 145 cm³/mol. The van der Waals surface area contributed by atoms with Crippen molar-refractivity contribution in [3.05, 3.63) is 83.0 Å². The van der Waals surface area contributed by atoms with Gasteiger partial charge in [0.2, 0.25) is 0 Å². The van der Waals surface area contributed by atoms with E-state index < -0.39 is 18.9 Å². The van der Waals surface area contributed by atoms with Gasteiger partial charge in [-0.15, -0.1) is 0 Å². The molecule has 0 spiro atoms. The van der Waals surface area contributed by atoms with Crippen LogP contribution in [0.5, 0.6) is 5.75 Å². The molecule has 2 aromatic carbocycles. The van der Waals surface area contributed by atoms with Gasteiger partial charge in [-0.2, -0.15) is 0 Å². The number of ether oxygens (including phenoxy) is 1. The lowest BCUT2D eigenvalue weighted by atomic mass is 9.85. The summed E-state index contributed by atoms with van der Waals surface area (Å²) in [5, 5.41) is 0.373. The van der Waals surface area contributed by atoms with Gasteiger partial charge in [-0.3, -0.25) is 15.5 Å². The van der Waals surface area contributed by atoms with Gasteiger partial charge in [-0.1, -0.05) is 48.9 Å². The van der Waals surface area contributed by atoms with E-state index in [4.69, 9.17) is 27.8 Å². The Hall–Kier alpha value is -3.02. The molecule has 8 nitrogen and oxygen atoms in total. The lowest BCUT2D eigenvalue weighted by Gasteiger charge is -2.53. The van der Waals surface area contributed by atoms with Gasteiger partial charge in [0.25, 0.3) is 6.43 Å². The number of methoxy groups -OCH3 is 1. The van der Waals surface area contributed by atoms with Crippen LogP contribution in [0.4, 0.5) is 14.5 Å². The first-order chi connectivity index (χ1) is 18.3. The van der Waals surface area contributed by atoms with Gasteiger partial charge in [0, 0.05) is 49.2 Å². The zero-order valence-corrected chi connectivity index (χ0v) is 22.1. The van der Waals surface area contributed by atoms with Crippen LogP contribution in [0, 0.1) is 0 Å². The highest BCUT2D eigenvalue weighted by Gasteiger charge is 2.44. The fourth-order valence-electron chi connectivity index (χ4n) is 5.60. The molecule has 3 heterocycles. The molecule has 3 aromatic rings. The van der Waals surface area contributed by atoms with E-state index in [1.807, 2.05) is 60.4 Å². The molecule has 202 valence electrons. The summed E-state index contributed by atoms with van der Waals surface area (Å²) in [5.41, 5.74) is 18.1. The minimum absolute atomic E-state index is 0.201. The van der Waals surface area contributed by atoms with E-state index in [1.54, 1.807) is 29.1 Å². The predicted octanol–water partition coefficient (Wildman–Crippen LogP) is 3.82. The molecule has 0 fully saturated rings. The van der Waals surface area contributed by atoms with Gasteiger partial charge in [0.1, 0.15) is 23.5 Å². The fourth-order valence-corrected chi connectivity index (χ4v) is 5.75. The van der Waals surface area contributed by atoms with Gasteiger partial charge in [-0.25, -0.2) is 13.8 Å². The van der Waals surface area contributed by atoms with Crippen LogP contribution in [0.1, 0.15) is 18.4 Å². The van der Waals surface area contributed by atoms with Crippen LogP contribution in [0.3, 0.4) is 0 Å². The third-order valence-electron chi connectivity index (χ3n) is 7.31. The average molecular weight is 544 g/mol. The third-order valence-corrected chi connectivity index (χ3v) is 7.50. The second-order valence-corrected chi connectivity index (χ2v) is 9.86. The molecule has 2 aliphatic heterocycles. The van der Waals surface area contributed by atoms with Crippen LogP contribution in [0.25, 0.3) is 5.69 Å². The van der Waals surface area contributed by atoms with E-state index in [0.29, 0.717) is 30.5 Å². The Labute approximate surface area is 226 Å². The molecule has 0 amide bonds. The monoisotopic (exact) mass is 543 g/mol. The number of halogens is 3. The Kier molecular flexibility index (Phi) is 7.69. The van der Waals surface area contributed by atoms with Crippen molar-refractivity contribution in [1.82, 2.24) is 19.4 Å². The fraction of sp³-hybridized carbons (Fsp3) is 0.370. The Balaban J connectivity index is 1.66. The summed E-state index contributed by atoms with van der Waals surface area (Å²) in [6.45, 7) is 3.03. The minimum atomic E-state index is -2.44. The summed E-state index contributed by atoms with van der Waals surface area (Å²) in [5.74, 6) is 0.406. The number of nitrogens with zero attached hydrogens (tertiary/aromatic N) is 5. The zero-order valence-electron chi connectivity index (χ0n) is 21.3. The molecule has 3 atom stereocenters. The lowest BCUT2D eigenvalue weighted by molar-refractivity contribution is 0.0750. The number of nitrogens with two attached hydrogens (primary N) is 2. The lowest BCUT2D eigenvalue weighted by Crippen LogP contribution is -2.67. The topological polar surface area (TPSA) is 88.8 Å². The molecule has 2 aliphatic rings. The average Bonchev–Trinajstić information content (AvgIpc) is 3.35. The molecular weight excluding hydrogens is 512 g/mol. The maximum atomic E-state index is 13.5. The summed E-state index contributed by atoms with van der Waals surface area (Å²) in [7, 11) is 1.60. The Morgan fingerprint density at radius 2 is 1.92 bits per heavy atom. The Morgan fingerprint density at radius 3 is 2.55 bits per heavy atom. The second kappa shape index (κ2) is 11.0. The van der Waals surface area contributed by atoms with Crippen LogP contribution < -0.4 is 21.1 Å². The highest BCUT2D eigenvalue weighted by atomic mass is 35.5. The maximum absolute atomic E-state index is 13.5. The summed E-state index contributed by atoms with van der Waals surface area (Å²) in [6, 6.07) is 15.7. The smallest absolute Gasteiger partial charge is 0.251 e. The van der Waals surface area contributed by atoms with Crippen molar-refractivity contribution in [2.24, 2.45) is 11.5 Å². The zero-order chi connectivity index (χ0) is 27.0. The van der Waals surface area contributed by atoms with Crippen molar-refractivity contribution in [2.75, 3.05) is 38.2 Å². The van der Waals surface area contributed by atoms with Gasteiger partial charge in [-0.05, 0) is 23.3 Å². The quantitative estimate of drug-likeness (QED) is 0.468. The molecule has 0 saturated carbocycles. The van der Waals surface area contributed by atoms with Crippen LogP contribution in [-0.2, 0) is 0 Å². The highest BCUT2D eigenvalue weighted by Crippen LogP contribution is 2.43. The van der Waals surface area contributed by atoms with Crippen molar-refractivity contribution in [3.8, 4) is 11.4 Å². The number of hydrogen-bond acceptors (Lipinski definition) is 7. The first kappa shape index (κ1) is 26.6. The molecule has 0 bridgehead atoms. The number of benzene rings is 2. The molecule has 0 saturated heterocycles. The SMILES string of the molecule is CCN1C(N)C2=C(C(c3ccccc3)CN(CC(F)F)C2)N(c2ccc(-n3cnc(Cl)c3)c(OC)c2)C1N. The van der Waals surface area contributed by atoms with Gasteiger partial charge >= 0.3 is 0 Å². The minimum Gasteiger partial charge on any atom is -0.494 e. The second-order valence-electron chi connectivity index (χ2n) is 9.48. The van der Waals surface area contributed by atoms with Crippen molar-refractivity contribution in [1.29, 1.82) is 0 Å². The summed E-state index contributed by atoms with van der Waals surface area (Å²) in [6.07, 6.45) is -0.187. The molecule has 1 aromatic heterocycles. The number of imidazole rings is 1. The van der Waals surface area contributed by atoms with Crippen LogP contribution in [0.15, 0.2) is 72.3 Å². The van der Waals surface area contributed by atoms with E-state index in [9.17, 15) is 8.78 Å².